The van der Waals surface area contributed by atoms with E-state index in [0.29, 0.717) is 12.8 Å². The number of aliphatic hydroxyl groups is 2. The molecule has 0 saturated carbocycles. The molecule has 0 bridgehead atoms. The molecule has 0 rings (SSSR count). The van der Waals surface area contributed by atoms with E-state index in [0.717, 1.165) is 0 Å². The van der Waals surface area contributed by atoms with E-state index >= 15 is 0 Å². The van der Waals surface area contributed by atoms with Crippen molar-refractivity contribution in [2.45, 2.75) is 52.1 Å². The van der Waals surface area contributed by atoms with Gasteiger partial charge in [0.15, 0.2) is 12.6 Å². The molecule has 0 aromatic carbocycles. The Kier molecular flexibility index (Phi) is 21.2. The maximum absolute atomic E-state index is 9.90. The van der Waals surface area contributed by atoms with Gasteiger partial charge in [0.05, 0.1) is 0 Å². The standard InChI is InChI=1S/C6H10O4.2C3H8O2/c7-5(8)3-1-2-4-6(9)10;2*1-3(4)5-2/h1-4H2,(H,7,8)(H,9,10);2*3-4H,1-2H3. The summed E-state index contributed by atoms with van der Waals surface area (Å²) >= 11 is 0. The van der Waals surface area contributed by atoms with E-state index in [9.17, 15) is 9.59 Å². The van der Waals surface area contributed by atoms with Crippen molar-refractivity contribution in [2.75, 3.05) is 14.2 Å². The van der Waals surface area contributed by atoms with Crippen LogP contribution in [0, 0.1) is 0 Å². The van der Waals surface area contributed by atoms with Crippen LogP contribution < -0.4 is 0 Å². The Hall–Kier alpha value is -1.22. The molecule has 2 atom stereocenters. The van der Waals surface area contributed by atoms with E-state index < -0.39 is 24.5 Å². The summed E-state index contributed by atoms with van der Waals surface area (Å²) in [6.07, 6.45) is -0.214. The van der Waals surface area contributed by atoms with Gasteiger partial charge in [0, 0.05) is 27.1 Å². The molecule has 0 amide bonds. The SMILES string of the molecule is COC(C)O.COC(C)O.O=C(O)CCCCC(=O)O. The smallest absolute Gasteiger partial charge is 0.303 e. The second-order valence-electron chi connectivity index (χ2n) is 3.66. The van der Waals surface area contributed by atoms with Crippen LogP contribution in [0.25, 0.3) is 0 Å². The van der Waals surface area contributed by atoms with E-state index in [1.54, 1.807) is 13.8 Å². The molecule has 0 spiro atoms. The normalized spacial score (nSPS) is 12.1. The summed E-state index contributed by atoms with van der Waals surface area (Å²) in [6, 6.07) is 0. The molecule has 0 heterocycles. The fraction of sp³-hybridized carbons (Fsp3) is 0.833. The van der Waals surface area contributed by atoms with E-state index in [4.69, 9.17) is 20.4 Å². The first kappa shape index (κ1) is 23.8. The number of hydrogen-bond donors (Lipinski definition) is 4. The fourth-order valence-electron chi connectivity index (χ4n) is 0.552. The Balaban J connectivity index is -0.000000244. The third-order valence-corrected chi connectivity index (χ3v) is 1.71. The second-order valence-corrected chi connectivity index (χ2v) is 3.66. The lowest BCUT2D eigenvalue weighted by Crippen LogP contribution is -1.99. The number of ether oxygens (including phenoxy) is 2. The number of rotatable bonds is 7. The van der Waals surface area contributed by atoms with Crippen molar-refractivity contribution in [1.29, 1.82) is 0 Å². The highest BCUT2D eigenvalue weighted by Crippen LogP contribution is 1.98. The minimum Gasteiger partial charge on any atom is -0.481 e. The zero-order chi connectivity index (χ0) is 16.6. The van der Waals surface area contributed by atoms with Crippen LogP contribution in [0.4, 0.5) is 0 Å². The Morgan fingerprint density at radius 1 is 0.850 bits per heavy atom. The fourth-order valence-corrected chi connectivity index (χ4v) is 0.552. The Morgan fingerprint density at radius 2 is 1.05 bits per heavy atom. The van der Waals surface area contributed by atoms with E-state index in [1.165, 1.54) is 14.2 Å². The minimum atomic E-state index is -0.870. The number of aliphatic carboxylic acids is 2. The molecule has 0 aromatic heterocycles. The summed E-state index contributed by atoms with van der Waals surface area (Å²) in [6.45, 7) is 3.11. The van der Waals surface area contributed by atoms with Crippen molar-refractivity contribution >= 4 is 11.9 Å². The highest BCUT2D eigenvalue weighted by molar-refractivity contribution is 5.67. The molecule has 122 valence electrons. The number of carboxylic acid groups (broad SMARTS) is 2. The van der Waals surface area contributed by atoms with Crippen molar-refractivity contribution in [3.63, 3.8) is 0 Å². The second kappa shape index (κ2) is 17.8. The summed E-state index contributed by atoms with van der Waals surface area (Å²) in [5, 5.41) is 32.5. The van der Waals surface area contributed by atoms with Crippen molar-refractivity contribution in [1.82, 2.24) is 0 Å². The van der Waals surface area contributed by atoms with Gasteiger partial charge in [0.25, 0.3) is 0 Å². The van der Waals surface area contributed by atoms with Gasteiger partial charge in [-0.05, 0) is 26.7 Å². The van der Waals surface area contributed by atoms with Crippen LogP contribution in [0.1, 0.15) is 39.5 Å². The first-order chi connectivity index (χ1) is 9.17. The number of hydrogen-bond acceptors (Lipinski definition) is 6. The molecule has 8 heteroatoms. The predicted molar refractivity (Wildman–Crippen MR) is 71.1 cm³/mol. The molecule has 2 unspecified atom stereocenters. The number of unbranched alkanes of at least 4 members (excludes halogenated alkanes) is 1. The van der Waals surface area contributed by atoms with E-state index in [1.807, 2.05) is 0 Å². The quantitative estimate of drug-likeness (QED) is 0.398. The molecular formula is C12H26O8. The van der Waals surface area contributed by atoms with Gasteiger partial charge in [-0.3, -0.25) is 9.59 Å². The number of aliphatic hydroxyl groups excluding tert-OH is 2. The number of methoxy groups -OCH3 is 2. The van der Waals surface area contributed by atoms with Crippen LogP contribution in [0.5, 0.6) is 0 Å². The molecule has 0 aliphatic heterocycles. The van der Waals surface area contributed by atoms with Gasteiger partial charge < -0.3 is 29.9 Å². The van der Waals surface area contributed by atoms with Crippen LogP contribution in [-0.2, 0) is 19.1 Å². The molecule has 4 N–H and O–H groups in total. The molecule has 0 aromatic rings. The van der Waals surface area contributed by atoms with Gasteiger partial charge in [0.2, 0.25) is 0 Å². The summed E-state index contributed by atoms with van der Waals surface area (Å²) < 4.78 is 8.61. The van der Waals surface area contributed by atoms with E-state index in [2.05, 4.69) is 9.47 Å². The van der Waals surface area contributed by atoms with Crippen LogP contribution in [0.15, 0.2) is 0 Å². The Bertz CT molecular complexity index is 203. The van der Waals surface area contributed by atoms with Crippen LogP contribution in [-0.4, -0.2) is 59.2 Å². The minimum absolute atomic E-state index is 0.0628. The summed E-state index contributed by atoms with van der Waals surface area (Å²) in [5.74, 6) is -1.74. The van der Waals surface area contributed by atoms with E-state index in [-0.39, 0.29) is 12.8 Å². The first-order valence-corrected chi connectivity index (χ1v) is 6.02. The first-order valence-electron chi connectivity index (χ1n) is 6.02. The van der Waals surface area contributed by atoms with Gasteiger partial charge in [-0.2, -0.15) is 0 Å². The highest BCUT2D eigenvalue weighted by atomic mass is 16.6. The zero-order valence-electron chi connectivity index (χ0n) is 12.4. The predicted octanol–water partition coefficient (Wildman–Crippen LogP) is 0.658. The van der Waals surface area contributed by atoms with Gasteiger partial charge in [0.1, 0.15) is 0 Å². The van der Waals surface area contributed by atoms with Gasteiger partial charge in [-0.25, -0.2) is 0 Å². The summed E-state index contributed by atoms with van der Waals surface area (Å²) in [4.78, 5) is 19.8. The molecule has 0 fully saturated rings. The molecule has 8 nitrogen and oxygen atoms in total. The number of carboxylic acids is 2. The van der Waals surface area contributed by atoms with Crippen molar-refractivity contribution in [3.05, 3.63) is 0 Å². The summed E-state index contributed by atoms with van der Waals surface area (Å²) in [7, 11) is 2.90. The van der Waals surface area contributed by atoms with Crippen LogP contribution >= 0.6 is 0 Å². The highest BCUT2D eigenvalue weighted by Gasteiger charge is 1.99. The largest absolute Gasteiger partial charge is 0.481 e. The molecule has 0 aliphatic rings. The molecule has 0 aliphatic carbocycles. The van der Waals surface area contributed by atoms with Crippen LogP contribution in [0.3, 0.4) is 0 Å². The topological polar surface area (TPSA) is 134 Å². The monoisotopic (exact) mass is 298 g/mol. The Labute approximate surface area is 118 Å². The average molecular weight is 298 g/mol. The maximum Gasteiger partial charge on any atom is 0.303 e. The summed E-state index contributed by atoms with van der Waals surface area (Å²) in [5.41, 5.74) is 0. The van der Waals surface area contributed by atoms with Crippen LogP contribution in [0.2, 0.25) is 0 Å². The number of carbonyl (C=O) groups is 2. The molecule has 0 radical (unpaired) electrons. The third kappa shape index (κ3) is 43.7. The molecular weight excluding hydrogens is 272 g/mol. The average Bonchev–Trinajstić information content (AvgIpc) is 2.35. The molecule has 0 saturated heterocycles. The van der Waals surface area contributed by atoms with Crippen molar-refractivity contribution in [3.8, 4) is 0 Å². The third-order valence-electron chi connectivity index (χ3n) is 1.71. The van der Waals surface area contributed by atoms with Crippen molar-refractivity contribution in [2.24, 2.45) is 0 Å². The maximum atomic E-state index is 9.90. The molecule has 20 heavy (non-hydrogen) atoms. The lowest BCUT2D eigenvalue weighted by atomic mass is 10.2. The van der Waals surface area contributed by atoms with Gasteiger partial charge >= 0.3 is 11.9 Å². The lowest BCUT2D eigenvalue weighted by molar-refractivity contribution is -0.139. The Morgan fingerprint density at radius 3 is 1.15 bits per heavy atom. The van der Waals surface area contributed by atoms with Crippen molar-refractivity contribution < 1.29 is 39.5 Å². The van der Waals surface area contributed by atoms with Gasteiger partial charge in [-0.15, -0.1) is 0 Å². The lowest BCUT2D eigenvalue weighted by Gasteiger charge is -1.94. The van der Waals surface area contributed by atoms with Gasteiger partial charge in [-0.1, -0.05) is 0 Å². The zero-order valence-corrected chi connectivity index (χ0v) is 12.4.